The van der Waals surface area contributed by atoms with Crippen LogP contribution in [0.15, 0.2) is 77.8 Å². The van der Waals surface area contributed by atoms with Crippen molar-refractivity contribution in [2.45, 2.75) is 53.3 Å². The Labute approximate surface area is 228 Å². The van der Waals surface area contributed by atoms with E-state index < -0.39 is 5.60 Å². The number of aliphatic imine (C=N–C) groups is 1. The van der Waals surface area contributed by atoms with Crippen molar-refractivity contribution in [1.82, 2.24) is 14.7 Å². The first-order valence-corrected chi connectivity index (χ1v) is 13.1. The normalized spacial score (nSPS) is 13.1. The zero-order chi connectivity index (χ0) is 27.7. The van der Waals surface area contributed by atoms with Crippen LogP contribution >= 0.6 is 0 Å². The molecule has 1 aliphatic rings. The van der Waals surface area contributed by atoms with Gasteiger partial charge < -0.3 is 9.64 Å². The fourth-order valence-electron chi connectivity index (χ4n) is 4.78. The maximum Gasteiger partial charge on any atom is 0.410 e. The van der Waals surface area contributed by atoms with E-state index >= 15 is 0 Å². The average molecular weight is 525 g/mol. The lowest BCUT2D eigenvalue weighted by Crippen LogP contribution is -2.41. The molecular weight excluding hydrogens is 491 g/mol. The van der Waals surface area contributed by atoms with Gasteiger partial charge in [-0.1, -0.05) is 60.7 Å². The van der Waals surface area contributed by atoms with Crippen molar-refractivity contribution in [3.05, 3.63) is 107 Å². The molecule has 5 rings (SSSR count). The topological polar surface area (TPSA) is 59.7 Å². The number of aryl methyl sites for hydroxylation is 2. The third-order valence-electron chi connectivity index (χ3n) is 6.63. The van der Waals surface area contributed by atoms with Crippen LogP contribution in [0.2, 0.25) is 0 Å². The molecule has 4 aromatic rings. The molecular formula is C32H33FN4O2. The van der Waals surface area contributed by atoms with Gasteiger partial charge in [0.05, 0.1) is 24.5 Å². The van der Waals surface area contributed by atoms with E-state index in [-0.39, 0.29) is 11.9 Å². The molecule has 1 aliphatic heterocycles. The Balaban J connectivity index is 1.71. The highest BCUT2D eigenvalue weighted by molar-refractivity contribution is 6.14. The molecule has 0 N–H and O–H groups in total. The smallest absolute Gasteiger partial charge is 0.410 e. The molecule has 0 saturated heterocycles. The van der Waals surface area contributed by atoms with E-state index in [9.17, 15) is 9.18 Å². The first-order valence-electron chi connectivity index (χ1n) is 13.1. The van der Waals surface area contributed by atoms with E-state index in [1.54, 1.807) is 18.7 Å². The number of hydrogen-bond donors (Lipinski definition) is 0. The number of nitrogens with zero attached hydrogens (tertiary/aromatic N) is 4. The largest absolute Gasteiger partial charge is 0.444 e. The molecule has 0 atom stereocenters. The van der Waals surface area contributed by atoms with Gasteiger partial charge in [-0.3, -0.25) is 4.68 Å². The number of amides is 1. The molecule has 7 heteroatoms. The average Bonchev–Trinajstić information content (AvgIpc) is 3.27. The number of ether oxygens (including phenoxy) is 1. The summed E-state index contributed by atoms with van der Waals surface area (Å²) in [5.74, 6) is -0.224. The van der Waals surface area contributed by atoms with Crippen LogP contribution in [-0.4, -0.2) is 38.6 Å². The lowest BCUT2D eigenvalue weighted by molar-refractivity contribution is 0.0195. The Bertz CT molecular complexity index is 1470. The number of carbonyl (C=O) groups is 1. The van der Waals surface area contributed by atoms with E-state index in [0.29, 0.717) is 42.1 Å². The van der Waals surface area contributed by atoms with E-state index in [2.05, 4.69) is 0 Å². The minimum absolute atomic E-state index is 0.224. The Morgan fingerprint density at radius 1 is 0.923 bits per heavy atom. The van der Waals surface area contributed by atoms with Gasteiger partial charge in [0.2, 0.25) is 0 Å². The van der Waals surface area contributed by atoms with Crippen molar-refractivity contribution < 1.29 is 13.9 Å². The van der Waals surface area contributed by atoms with E-state index in [0.717, 1.165) is 28.1 Å². The molecule has 1 aromatic heterocycles. The summed E-state index contributed by atoms with van der Waals surface area (Å²) in [5.41, 5.74) is 6.13. The summed E-state index contributed by atoms with van der Waals surface area (Å²) in [4.78, 5) is 20.0. The van der Waals surface area contributed by atoms with Crippen LogP contribution in [0, 0.1) is 19.7 Å². The first kappa shape index (κ1) is 26.4. The minimum atomic E-state index is -0.599. The van der Waals surface area contributed by atoms with Crippen molar-refractivity contribution in [1.29, 1.82) is 0 Å². The minimum Gasteiger partial charge on any atom is -0.444 e. The summed E-state index contributed by atoms with van der Waals surface area (Å²) in [5, 5.41) is 4.95. The van der Waals surface area contributed by atoms with Crippen molar-refractivity contribution in [3.8, 4) is 11.3 Å². The lowest BCUT2D eigenvalue weighted by Gasteiger charge is -2.30. The predicted octanol–water partition coefficient (Wildman–Crippen LogP) is 7.23. The fourth-order valence-corrected chi connectivity index (χ4v) is 4.78. The van der Waals surface area contributed by atoms with Crippen molar-refractivity contribution in [2.75, 3.05) is 6.54 Å². The van der Waals surface area contributed by atoms with Gasteiger partial charge in [-0.15, -0.1) is 0 Å². The molecule has 0 unspecified atom stereocenters. The highest BCUT2D eigenvalue weighted by Gasteiger charge is 2.30. The fraction of sp³-hybridized carbons (Fsp3) is 0.281. The summed E-state index contributed by atoms with van der Waals surface area (Å²) in [7, 11) is 0. The number of hydrogen-bond acceptors (Lipinski definition) is 4. The van der Waals surface area contributed by atoms with Gasteiger partial charge in [-0.2, -0.15) is 5.10 Å². The zero-order valence-electron chi connectivity index (χ0n) is 23.0. The summed E-state index contributed by atoms with van der Waals surface area (Å²) in [6, 6.07) is 23.6. The van der Waals surface area contributed by atoms with Crippen LogP contribution < -0.4 is 0 Å². The molecule has 0 radical (unpaired) electrons. The van der Waals surface area contributed by atoms with Crippen LogP contribution in [0.5, 0.6) is 0 Å². The summed E-state index contributed by atoms with van der Waals surface area (Å²) < 4.78 is 22.2. The van der Waals surface area contributed by atoms with Gasteiger partial charge >= 0.3 is 6.09 Å². The summed E-state index contributed by atoms with van der Waals surface area (Å²) in [6.07, 6.45) is -0.369. The number of fused-ring (bicyclic) bond motifs is 1. The van der Waals surface area contributed by atoms with E-state index in [1.807, 2.05) is 98.2 Å². The highest BCUT2D eigenvalue weighted by atomic mass is 19.1. The maximum atomic E-state index is 14.6. The second-order valence-electron chi connectivity index (χ2n) is 10.9. The van der Waals surface area contributed by atoms with Gasteiger partial charge in [0.15, 0.2) is 0 Å². The molecule has 3 aromatic carbocycles. The number of carbonyl (C=O) groups excluding carboxylic acids is 1. The molecule has 0 bridgehead atoms. The number of rotatable bonds is 4. The Hall–Kier alpha value is -4.26. The molecule has 1 amide bonds. The summed E-state index contributed by atoms with van der Waals surface area (Å²) in [6.45, 7) is 10.4. The number of halogens is 1. The van der Waals surface area contributed by atoms with Gasteiger partial charge in [0, 0.05) is 23.2 Å². The Kier molecular flexibility index (Phi) is 7.08. The van der Waals surface area contributed by atoms with Crippen LogP contribution in [-0.2, 0) is 17.8 Å². The predicted molar refractivity (Wildman–Crippen MR) is 152 cm³/mol. The van der Waals surface area contributed by atoms with Crippen LogP contribution in [0.1, 0.15) is 48.7 Å². The molecule has 39 heavy (non-hydrogen) atoms. The number of benzene rings is 3. The van der Waals surface area contributed by atoms with E-state index in [1.165, 1.54) is 0 Å². The Morgan fingerprint density at radius 2 is 1.49 bits per heavy atom. The highest BCUT2D eigenvalue weighted by Crippen LogP contribution is 2.38. The van der Waals surface area contributed by atoms with Crippen molar-refractivity contribution in [2.24, 2.45) is 4.99 Å². The Morgan fingerprint density at radius 3 is 2.03 bits per heavy atom. The molecule has 6 nitrogen and oxygen atoms in total. The SMILES string of the molecule is Cc1cc(-c2nn3c(c2N=C(c2ccccc2)c2ccccc2)CN(C(=O)OC(C)(C)C)CC3)cc(C)c1F. The van der Waals surface area contributed by atoms with Crippen molar-refractivity contribution in [3.63, 3.8) is 0 Å². The third-order valence-corrected chi connectivity index (χ3v) is 6.63. The molecule has 2 heterocycles. The zero-order valence-corrected chi connectivity index (χ0v) is 23.0. The van der Waals surface area contributed by atoms with Crippen LogP contribution in [0.3, 0.4) is 0 Å². The molecule has 200 valence electrons. The molecule has 0 fully saturated rings. The van der Waals surface area contributed by atoms with Gasteiger partial charge in [0.1, 0.15) is 22.8 Å². The van der Waals surface area contributed by atoms with Gasteiger partial charge in [0.25, 0.3) is 0 Å². The van der Waals surface area contributed by atoms with Gasteiger partial charge in [-0.25, -0.2) is 14.2 Å². The monoisotopic (exact) mass is 524 g/mol. The van der Waals surface area contributed by atoms with E-state index in [4.69, 9.17) is 14.8 Å². The third kappa shape index (κ3) is 5.62. The molecule has 0 saturated carbocycles. The maximum absolute atomic E-state index is 14.6. The van der Waals surface area contributed by atoms with Crippen LogP contribution in [0.4, 0.5) is 14.9 Å². The van der Waals surface area contributed by atoms with Gasteiger partial charge in [-0.05, 0) is 57.9 Å². The second kappa shape index (κ2) is 10.5. The summed E-state index contributed by atoms with van der Waals surface area (Å²) >= 11 is 0. The first-order chi connectivity index (χ1) is 18.6. The lowest BCUT2D eigenvalue weighted by atomic mass is 10.0. The standard InChI is InChI=1S/C32H33FN4O2/c1-21-18-25(19-22(2)27(21)33)29-30(26-20-36(16-17-37(26)35-29)31(38)39-32(3,4)5)34-28(23-12-8-6-9-13-23)24-14-10-7-11-15-24/h6-15,18-19H,16-17,20H2,1-5H3. The number of aromatic nitrogens is 2. The quantitative estimate of drug-likeness (QED) is 0.265. The second-order valence-corrected chi connectivity index (χ2v) is 10.9. The van der Waals surface area contributed by atoms with Crippen molar-refractivity contribution >= 4 is 17.5 Å². The molecule has 0 aliphatic carbocycles. The molecule has 0 spiro atoms. The van der Waals surface area contributed by atoms with Crippen LogP contribution in [0.25, 0.3) is 11.3 Å².